The first-order valence-corrected chi connectivity index (χ1v) is 7.59. The minimum absolute atomic E-state index is 0.282. The molecule has 0 bridgehead atoms. The van der Waals surface area contributed by atoms with Gasteiger partial charge >= 0.3 is 0 Å². The van der Waals surface area contributed by atoms with Gasteiger partial charge in [-0.3, -0.25) is 4.79 Å². The number of hydrogen-bond donors (Lipinski definition) is 2. The molecule has 2 N–H and O–H groups in total. The maximum Gasteiger partial charge on any atom is 0.252 e. The van der Waals surface area contributed by atoms with E-state index < -0.39 is 5.82 Å². The molecular formula is C16H13BrFN3O. The standard InChI is InChI=1S/C16H13BrFN3O/c17-12-6-5-10(18)9-11(12)16(22)19-8-7-15-20-13-3-1-2-4-14(13)21-15/h1-6,9H,7-8H2,(H,19,22)(H,20,21). The van der Waals surface area contributed by atoms with E-state index in [0.29, 0.717) is 17.4 Å². The summed E-state index contributed by atoms with van der Waals surface area (Å²) in [4.78, 5) is 19.7. The third kappa shape index (κ3) is 3.17. The highest BCUT2D eigenvalue weighted by molar-refractivity contribution is 9.10. The molecule has 6 heteroatoms. The number of amides is 1. The van der Waals surface area contributed by atoms with Gasteiger partial charge in [0.1, 0.15) is 11.6 Å². The van der Waals surface area contributed by atoms with Crippen molar-refractivity contribution in [2.24, 2.45) is 0 Å². The van der Waals surface area contributed by atoms with E-state index >= 15 is 0 Å². The number of aromatic amines is 1. The number of carbonyl (C=O) groups is 1. The molecule has 0 saturated carbocycles. The first-order chi connectivity index (χ1) is 10.6. The predicted molar refractivity (Wildman–Crippen MR) is 86.2 cm³/mol. The molecule has 22 heavy (non-hydrogen) atoms. The van der Waals surface area contributed by atoms with Crippen molar-refractivity contribution in [2.45, 2.75) is 6.42 Å². The highest BCUT2D eigenvalue weighted by Gasteiger charge is 2.11. The topological polar surface area (TPSA) is 57.8 Å². The second kappa shape index (κ2) is 6.27. The van der Waals surface area contributed by atoms with E-state index in [9.17, 15) is 9.18 Å². The average Bonchev–Trinajstić information content (AvgIpc) is 2.92. The molecule has 2 aromatic carbocycles. The maximum absolute atomic E-state index is 13.2. The van der Waals surface area contributed by atoms with Crippen molar-refractivity contribution in [1.29, 1.82) is 0 Å². The van der Waals surface area contributed by atoms with Gasteiger partial charge in [0.2, 0.25) is 0 Å². The van der Waals surface area contributed by atoms with Crippen LogP contribution in [-0.2, 0) is 6.42 Å². The lowest BCUT2D eigenvalue weighted by molar-refractivity contribution is 0.0953. The SMILES string of the molecule is O=C(NCCc1nc2ccccc2[nH]1)c1cc(F)ccc1Br. The molecule has 0 radical (unpaired) electrons. The smallest absolute Gasteiger partial charge is 0.252 e. The van der Waals surface area contributed by atoms with E-state index in [0.717, 1.165) is 16.9 Å². The largest absolute Gasteiger partial charge is 0.352 e. The summed E-state index contributed by atoms with van der Waals surface area (Å²) in [5, 5.41) is 2.76. The summed E-state index contributed by atoms with van der Waals surface area (Å²) >= 11 is 3.25. The van der Waals surface area contributed by atoms with Crippen LogP contribution in [0.1, 0.15) is 16.2 Å². The van der Waals surface area contributed by atoms with Crippen molar-refractivity contribution in [2.75, 3.05) is 6.54 Å². The van der Waals surface area contributed by atoms with Crippen LogP contribution in [0.3, 0.4) is 0 Å². The lowest BCUT2D eigenvalue weighted by atomic mass is 10.2. The Kier molecular flexibility index (Phi) is 4.20. The number of hydrogen-bond acceptors (Lipinski definition) is 2. The van der Waals surface area contributed by atoms with Crippen LogP contribution < -0.4 is 5.32 Å². The molecule has 1 amide bonds. The Labute approximate surface area is 134 Å². The van der Waals surface area contributed by atoms with Crippen molar-refractivity contribution in [1.82, 2.24) is 15.3 Å². The zero-order valence-electron chi connectivity index (χ0n) is 11.6. The van der Waals surface area contributed by atoms with Crippen molar-refractivity contribution in [3.8, 4) is 0 Å². The Morgan fingerprint density at radius 2 is 2.09 bits per heavy atom. The monoisotopic (exact) mass is 361 g/mol. The average molecular weight is 362 g/mol. The molecule has 0 spiro atoms. The van der Waals surface area contributed by atoms with Crippen molar-refractivity contribution >= 4 is 32.9 Å². The number of nitrogens with one attached hydrogen (secondary N) is 2. The van der Waals surface area contributed by atoms with Crippen LogP contribution in [0.5, 0.6) is 0 Å². The number of imidazole rings is 1. The van der Waals surface area contributed by atoms with E-state index in [2.05, 4.69) is 31.2 Å². The number of aromatic nitrogens is 2. The summed E-state index contributed by atoms with van der Waals surface area (Å²) in [5.74, 6) is 0.0490. The maximum atomic E-state index is 13.2. The van der Waals surface area contributed by atoms with Gasteiger partial charge in [0.25, 0.3) is 5.91 Å². The van der Waals surface area contributed by atoms with Gasteiger partial charge in [0.05, 0.1) is 16.6 Å². The fraction of sp³-hybridized carbons (Fsp3) is 0.125. The summed E-state index contributed by atoms with van der Waals surface area (Å²) < 4.78 is 13.8. The van der Waals surface area contributed by atoms with Crippen LogP contribution in [-0.4, -0.2) is 22.4 Å². The Hall–Kier alpha value is -2.21. The van der Waals surface area contributed by atoms with Crippen LogP contribution in [0.15, 0.2) is 46.9 Å². The number of para-hydroxylation sites is 2. The molecule has 0 unspecified atom stereocenters. The second-order valence-corrected chi connectivity index (χ2v) is 5.69. The van der Waals surface area contributed by atoms with E-state index in [4.69, 9.17) is 0 Å². The van der Waals surface area contributed by atoms with Gasteiger partial charge in [-0.25, -0.2) is 9.37 Å². The van der Waals surface area contributed by atoms with Gasteiger partial charge in [-0.15, -0.1) is 0 Å². The van der Waals surface area contributed by atoms with Gasteiger partial charge in [-0.2, -0.15) is 0 Å². The number of H-pyrrole nitrogens is 1. The lowest BCUT2D eigenvalue weighted by Gasteiger charge is -2.06. The van der Waals surface area contributed by atoms with Crippen molar-refractivity contribution in [3.05, 3.63) is 64.1 Å². The predicted octanol–water partition coefficient (Wildman–Crippen LogP) is 3.44. The quantitative estimate of drug-likeness (QED) is 0.747. The van der Waals surface area contributed by atoms with Crippen molar-refractivity contribution < 1.29 is 9.18 Å². The number of halogens is 2. The van der Waals surface area contributed by atoms with Gasteiger partial charge in [-0.1, -0.05) is 12.1 Å². The van der Waals surface area contributed by atoms with Gasteiger partial charge in [0.15, 0.2) is 0 Å². The van der Waals surface area contributed by atoms with E-state index in [1.54, 1.807) is 0 Å². The zero-order valence-corrected chi connectivity index (χ0v) is 13.2. The summed E-state index contributed by atoms with van der Waals surface area (Å²) in [6.07, 6.45) is 0.577. The number of rotatable bonds is 4. The van der Waals surface area contributed by atoms with Gasteiger partial charge in [0, 0.05) is 17.4 Å². The lowest BCUT2D eigenvalue weighted by Crippen LogP contribution is -2.26. The van der Waals surface area contributed by atoms with Crippen LogP contribution in [0.25, 0.3) is 11.0 Å². The fourth-order valence-electron chi connectivity index (χ4n) is 2.19. The van der Waals surface area contributed by atoms with Crippen LogP contribution in [0, 0.1) is 5.82 Å². The molecular weight excluding hydrogens is 349 g/mol. The molecule has 0 fully saturated rings. The van der Waals surface area contributed by atoms with Gasteiger partial charge < -0.3 is 10.3 Å². The normalized spacial score (nSPS) is 10.8. The van der Waals surface area contributed by atoms with E-state index in [1.807, 2.05) is 24.3 Å². The van der Waals surface area contributed by atoms with E-state index in [-0.39, 0.29) is 11.5 Å². The second-order valence-electron chi connectivity index (χ2n) is 4.83. The third-order valence-electron chi connectivity index (χ3n) is 3.26. The molecule has 0 aliphatic heterocycles. The Morgan fingerprint density at radius 1 is 1.27 bits per heavy atom. The third-order valence-corrected chi connectivity index (χ3v) is 3.95. The number of fused-ring (bicyclic) bond motifs is 1. The molecule has 112 valence electrons. The van der Waals surface area contributed by atoms with Gasteiger partial charge in [-0.05, 0) is 46.3 Å². The first kappa shape index (κ1) is 14.7. The molecule has 0 saturated heterocycles. The molecule has 3 rings (SSSR count). The minimum atomic E-state index is -0.439. The Bertz CT molecular complexity index is 798. The molecule has 3 aromatic rings. The molecule has 1 heterocycles. The molecule has 4 nitrogen and oxygen atoms in total. The fourth-order valence-corrected chi connectivity index (χ4v) is 2.61. The van der Waals surface area contributed by atoms with Crippen molar-refractivity contribution in [3.63, 3.8) is 0 Å². The highest BCUT2D eigenvalue weighted by Crippen LogP contribution is 2.17. The minimum Gasteiger partial charge on any atom is -0.352 e. The summed E-state index contributed by atoms with van der Waals surface area (Å²) in [5.41, 5.74) is 2.15. The first-order valence-electron chi connectivity index (χ1n) is 6.80. The number of benzene rings is 2. The van der Waals surface area contributed by atoms with Crippen LogP contribution in [0.4, 0.5) is 4.39 Å². The Balaban J connectivity index is 1.62. The molecule has 0 aliphatic carbocycles. The molecule has 1 aromatic heterocycles. The number of carbonyl (C=O) groups excluding carboxylic acids is 1. The summed E-state index contributed by atoms with van der Waals surface area (Å²) in [6, 6.07) is 11.8. The molecule has 0 aliphatic rings. The number of nitrogens with zero attached hydrogens (tertiary/aromatic N) is 1. The highest BCUT2D eigenvalue weighted by atomic mass is 79.9. The zero-order chi connectivity index (χ0) is 15.5. The van der Waals surface area contributed by atoms with E-state index in [1.165, 1.54) is 18.2 Å². The van der Waals surface area contributed by atoms with Crippen LogP contribution >= 0.6 is 15.9 Å². The molecule has 0 atom stereocenters. The Morgan fingerprint density at radius 3 is 2.91 bits per heavy atom. The summed E-state index contributed by atoms with van der Waals surface area (Å²) in [7, 11) is 0. The van der Waals surface area contributed by atoms with Crippen LogP contribution in [0.2, 0.25) is 0 Å². The summed E-state index contributed by atoms with van der Waals surface area (Å²) in [6.45, 7) is 0.418.